The average Bonchev–Trinajstić information content (AvgIpc) is 2.71. The summed E-state index contributed by atoms with van der Waals surface area (Å²) in [6.45, 7) is 8.21. The summed E-state index contributed by atoms with van der Waals surface area (Å²) in [4.78, 5) is 16.6. The highest BCUT2D eigenvalue weighted by Gasteiger charge is 2.07. The van der Waals surface area contributed by atoms with E-state index in [1.54, 1.807) is 12.1 Å². The number of aromatic hydroxyl groups is 1. The maximum Gasteiger partial charge on any atom is 0.251 e. The van der Waals surface area contributed by atoms with Crippen LogP contribution in [0.2, 0.25) is 0 Å². The van der Waals surface area contributed by atoms with E-state index < -0.39 is 0 Å². The van der Waals surface area contributed by atoms with Gasteiger partial charge >= 0.3 is 0 Å². The van der Waals surface area contributed by atoms with Gasteiger partial charge in [-0.1, -0.05) is 18.2 Å². The van der Waals surface area contributed by atoms with Crippen LogP contribution in [0.15, 0.2) is 53.5 Å². The first-order chi connectivity index (χ1) is 14.0. The molecule has 0 heterocycles. The minimum atomic E-state index is -0.186. The van der Waals surface area contributed by atoms with Gasteiger partial charge in [0, 0.05) is 25.2 Å². The second-order valence-electron chi connectivity index (χ2n) is 6.64. The third kappa shape index (κ3) is 8.89. The van der Waals surface area contributed by atoms with Gasteiger partial charge in [0.25, 0.3) is 5.91 Å². The molecule has 2 rings (SSSR count). The highest BCUT2D eigenvalue weighted by molar-refractivity contribution is 14.0. The Kier molecular flexibility index (Phi) is 11.7. The summed E-state index contributed by atoms with van der Waals surface area (Å²) >= 11 is 0. The lowest BCUT2D eigenvalue weighted by atomic mass is 10.2. The number of hydrogen-bond donors (Lipinski definition) is 4. The van der Waals surface area contributed by atoms with E-state index >= 15 is 0 Å². The fraction of sp³-hybridized carbons (Fsp3) is 0.364. The SMILES string of the molecule is CCNC(=NCC(C)Oc1ccccc1C)NCCNC(=O)c1ccc(O)cc1.I. The molecule has 0 saturated heterocycles. The molecular formula is C22H31IN4O3. The highest BCUT2D eigenvalue weighted by Crippen LogP contribution is 2.17. The lowest BCUT2D eigenvalue weighted by Gasteiger charge is -2.16. The van der Waals surface area contributed by atoms with Gasteiger partial charge in [0.15, 0.2) is 5.96 Å². The third-order valence-corrected chi connectivity index (χ3v) is 4.10. The van der Waals surface area contributed by atoms with Crippen LogP contribution < -0.4 is 20.7 Å². The van der Waals surface area contributed by atoms with Crippen LogP contribution >= 0.6 is 24.0 Å². The summed E-state index contributed by atoms with van der Waals surface area (Å²) < 4.78 is 5.95. The quantitative estimate of drug-likeness (QED) is 0.175. The predicted molar refractivity (Wildman–Crippen MR) is 131 cm³/mol. The maximum atomic E-state index is 12.1. The van der Waals surface area contributed by atoms with E-state index in [9.17, 15) is 9.90 Å². The normalized spacial score (nSPS) is 11.8. The Morgan fingerprint density at radius 1 is 1.07 bits per heavy atom. The maximum absolute atomic E-state index is 12.1. The zero-order valence-corrected chi connectivity index (χ0v) is 20.0. The molecule has 0 aliphatic carbocycles. The van der Waals surface area contributed by atoms with E-state index in [1.807, 2.05) is 45.0 Å². The summed E-state index contributed by atoms with van der Waals surface area (Å²) in [5.41, 5.74) is 1.60. The van der Waals surface area contributed by atoms with Gasteiger partial charge in [-0.15, -0.1) is 24.0 Å². The average molecular weight is 526 g/mol. The molecule has 4 N–H and O–H groups in total. The number of aryl methyl sites for hydroxylation is 1. The summed E-state index contributed by atoms with van der Waals surface area (Å²) in [7, 11) is 0. The van der Waals surface area contributed by atoms with Gasteiger partial charge in [-0.2, -0.15) is 0 Å². The number of benzene rings is 2. The molecule has 2 aromatic carbocycles. The van der Waals surface area contributed by atoms with Crippen molar-refractivity contribution in [3.05, 3.63) is 59.7 Å². The molecule has 1 unspecified atom stereocenters. The van der Waals surface area contributed by atoms with E-state index in [4.69, 9.17) is 4.74 Å². The first-order valence-electron chi connectivity index (χ1n) is 9.81. The molecule has 0 aromatic heterocycles. The highest BCUT2D eigenvalue weighted by atomic mass is 127. The Morgan fingerprint density at radius 2 is 1.73 bits per heavy atom. The predicted octanol–water partition coefficient (Wildman–Crippen LogP) is 3.07. The molecule has 0 aliphatic heterocycles. The Labute approximate surface area is 195 Å². The number of hydrogen-bond acceptors (Lipinski definition) is 4. The molecule has 1 amide bonds. The summed E-state index contributed by atoms with van der Waals surface area (Å²) in [5.74, 6) is 1.49. The number of amides is 1. The lowest BCUT2D eigenvalue weighted by Crippen LogP contribution is -2.42. The molecule has 0 radical (unpaired) electrons. The molecule has 0 aliphatic rings. The zero-order chi connectivity index (χ0) is 21.1. The van der Waals surface area contributed by atoms with Crippen LogP contribution in [-0.4, -0.2) is 49.3 Å². The van der Waals surface area contributed by atoms with E-state index in [2.05, 4.69) is 20.9 Å². The standard InChI is InChI=1S/C22H30N4O3.HI/c1-4-23-22(26-15-17(3)29-20-8-6-5-7-16(20)2)25-14-13-24-21(28)18-9-11-19(27)12-10-18;/h5-12,17,27H,4,13-15H2,1-3H3,(H,24,28)(H2,23,25,26);1H. The van der Waals surface area contributed by atoms with Crippen molar-refractivity contribution in [3.8, 4) is 11.5 Å². The van der Waals surface area contributed by atoms with Crippen LogP contribution in [-0.2, 0) is 0 Å². The van der Waals surface area contributed by atoms with E-state index in [1.165, 1.54) is 12.1 Å². The zero-order valence-electron chi connectivity index (χ0n) is 17.6. The van der Waals surface area contributed by atoms with Gasteiger partial charge in [-0.05, 0) is 56.7 Å². The number of nitrogens with zero attached hydrogens (tertiary/aromatic N) is 1. The Hall–Kier alpha value is -2.49. The number of phenolic OH excluding ortho intramolecular Hbond substituents is 1. The van der Waals surface area contributed by atoms with Crippen LogP contribution in [0.25, 0.3) is 0 Å². The number of halogens is 1. The number of para-hydroxylation sites is 1. The molecule has 164 valence electrons. The Morgan fingerprint density at radius 3 is 2.40 bits per heavy atom. The number of phenols is 1. The number of guanidine groups is 1. The van der Waals surface area contributed by atoms with E-state index in [-0.39, 0.29) is 41.7 Å². The van der Waals surface area contributed by atoms with Gasteiger partial charge in [0.05, 0.1) is 6.54 Å². The van der Waals surface area contributed by atoms with Crippen molar-refractivity contribution in [2.24, 2.45) is 4.99 Å². The van der Waals surface area contributed by atoms with Crippen molar-refractivity contribution in [1.29, 1.82) is 0 Å². The van der Waals surface area contributed by atoms with Crippen molar-refractivity contribution in [2.45, 2.75) is 26.9 Å². The molecule has 0 spiro atoms. The fourth-order valence-corrected chi connectivity index (χ4v) is 2.58. The summed E-state index contributed by atoms with van der Waals surface area (Å²) in [6, 6.07) is 14.1. The van der Waals surface area contributed by atoms with Gasteiger partial charge < -0.3 is 25.8 Å². The second-order valence-corrected chi connectivity index (χ2v) is 6.64. The Bertz CT molecular complexity index is 812. The van der Waals surface area contributed by atoms with Gasteiger partial charge in [-0.3, -0.25) is 4.79 Å². The number of rotatable bonds is 9. The number of ether oxygens (including phenoxy) is 1. The van der Waals surface area contributed by atoms with Crippen molar-refractivity contribution in [2.75, 3.05) is 26.2 Å². The second kappa shape index (κ2) is 13.7. The fourth-order valence-electron chi connectivity index (χ4n) is 2.58. The molecule has 0 saturated carbocycles. The van der Waals surface area contributed by atoms with Crippen LogP contribution in [0.4, 0.5) is 0 Å². The van der Waals surface area contributed by atoms with Crippen molar-refractivity contribution < 1.29 is 14.6 Å². The molecule has 7 nitrogen and oxygen atoms in total. The molecule has 0 bridgehead atoms. The van der Waals surface area contributed by atoms with Gasteiger partial charge in [-0.25, -0.2) is 4.99 Å². The molecule has 30 heavy (non-hydrogen) atoms. The Balaban J connectivity index is 0.00000450. The smallest absolute Gasteiger partial charge is 0.251 e. The number of carbonyl (C=O) groups is 1. The topological polar surface area (TPSA) is 95.0 Å². The third-order valence-electron chi connectivity index (χ3n) is 4.10. The van der Waals surface area contributed by atoms with Gasteiger partial charge in [0.1, 0.15) is 17.6 Å². The van der Waals surface area contributed by atoms with E-state index in [0.717, 1.165) is 17.9 Å². The number of aliphatic imine (C=N–C) groups is 1. The number of carbonyl (C=O) groups excluding carboxylic acids is 1. The summed E-state index contributed by atoms with van der Waals surface area (Å²) in [5, 5.41) is 18.5. The van der Waals surface area contributed by atoms with Crippen LogP contribution in [0.5, 0.6) is 11.5 Å². The largest absolute Gasteiger partial charge is 0.508 e. The molecule has 2 aromatic rings. The van der Waals surface area contributed by atoms with Crippen molar-refractivity contribution in [3.63, 3.8) is 0 Å². The molecule has 8 heteroatoms. The number of nitrogens with one attached hydrogen (secondary N) is 3. The van der Waals surface area contributed by atoms with E-state index in [0.29, 0.717) is 31.2 Å². The minimum Gasteiger partial charge on any atom is -0.508 e. The van der Waals surface area contributed by atoms with Crippen LogP contribution in [0.3, 0.4) is 0 Å². The van der Waals surface area contributed by atoms with Gasteiger partial charge in [0.2, 0.25) is 0 Å². The monoisotopic (exact) mass is 526 g/mol. The van der Waals surface area contributed by atoms with Crippen LogP contribution in [0, 0.1) is 6.92 Å². The molecular weight excluding hydrogens is 495 g/mol. The first kappa shape index (κ1) is 25.5. The van der Waals surface area contributed by atoms with Crippen LogP contribution in [0.1, 0.15) is 29.8 Å². The minimum absolute atomic E-state index is 0. The lowest BCUT2D eigenvalue weighted by molar-refractivity contribution is 0.0954. The van der Waals surface area contributed by atoms with Crippen molar-refractivity contribution in [1.82, 2.24) is 16.0 Å². The first-order valence-corrected chi connectivity index (χ1v) is 9.81. The summed E-state index contributed by atoms with van der Waals surface area (Å²) in [6.07, 6.45) is -0.0687. The van der Waals surface area contributed by atoms with Crippen molar-refractivity contribution >= 4 is 35.8 Å². The molecule has 0 fully saturated rings. The molecule has 1 atom stereocenters.